The minimum Gasteiger partial charge on any atom is -0.308 e. The molecule has 0 saturated carbocycles. The Labute approximate surface area is 112 Å². The smallest absolute Gasteiger partial charge is 0.286 e. The summed E-state index contributed by atoms with van der Waals surface area (Å²) in [4.78, 5) is 32.9. The Bertz CT molecular complexity index is 524. The summed E-state index contributed by atoms with van der Waals surface area (Å²) >= 11 is 3.00. The van der Waals surface area contributed by atoms with E-state index in [1.165, 1.54) is 16.8 Å². The van der Waals surface area contributed by atoms with E-state index in [9.17, 15) is 19.7 Å². The molecule has 7 heteroatoms. The fourth-order valence-corrected chi connectivity index (χ4v) is 1.94. The van der Waals surface area contributed by atoms with Crippen molar-refractivity contribution in [2.24, 2.45) is 0 Å². The predicted octanol–water partition coefficient (Wildman–Crippen LogP) is 2.28. The molecule has 0 saturated heterocycles. The molecule has 1 aromatic heterocycles. The third-order valence-electron chi connectivity index (χ3n) is 2.49. The van der Waals surface area contributed by atoms with E-state index in [1.807, 2.05) is 0 Å². The van der Waals surface area contributed by atoms with Crippen LogP contribution in [0.1, 0.15) is 26.2 Å². The quantitative estimate of drug-likeness (QED) is 0.595. The number of nitrogens with zero attached hydrogens (tertiary/aromatic N) is 2. The first-order valence-corrected chi connectivity index (χ1v) is 6.31. The number of halogens is 1. The van der Waals surface area contributed by atoms with Crippen LogP contribution in [0, 0.1) is 10.1 Å². The molecule has 0 fully saturated rings. The minimum atomic E-state index is -0.558. The van der Waals surface area contributed by atoms with Crippen LogP contribution in [0.3, 0.4) is 0 Å². The second-order valence-corrected chi connectivity index (χ2v) is 4.65. The lowest BCUT2D eigenvalue weighted by Crippen LogP contribution is -2.21. The van der Waals surface area contributed by atoms with Crippen molar-refractivity contribution < 1.29 is 9.72 Å². The number of pyridine rings is 1. The van der Waals surface area contributed by atoms with Gasteiger partial charge in [0.1, 0.15) is 5.78 Å². The van der Waals surface area contributed by atoms with E-state index in [0.717, 1.165) is 0 Å². The zero-order chi connectivity index (χ0) is 13.7. The van der Waals surface area contributed by atoms with Crippen molar-refractivity contribution in [3.05, 3.63) is 37.2 Å². The van der Waals surface area contributed by atoms with Crippen molar-refractivity contribution >= 4 is 27.4 Å². The van der Waals surface area contributed by atoms with Crippen LogP contribution < -0.4 is 5.56 Å². The summed E-state index contributed by atoms with van der Waals surface area (Å²) in [5.41, 5.74) is -0.479. The summed E-state index contributed by atoms with van der Waals surface area (Å²) in [6.45, 7) is 2.07. The summed E-state index contributed by atoms with van der Waals surface area (Å²) < 4.78 is 1.41. The van der Waals surface area contributed by atoms with Crippen molar-refractivity contribution in [2.75, 3.05) is 0 Å². The van der Waals surface area contributed by atoms with Crippen molar-refractivity contribution in [3.8, 4) is 0 Å². The highest BCUT2D eigenvalue weighted by Gasteiger charge is 2.12. The van der Waals surface area contributed by atoms with Crippen LogP contribution in [0.25, 0.3) is 0 Å². The van der Waals surface area contributed by atoms with Gasteiger partial charge in [0.15, 0.2) is 0 Å². The van der Waals surface area contributed by atoms with Gasteiger partial charge < -0.3 is 4.57 Å². The Hall–Kier alpha value is -1.50. The molecule has 1 heterocycles. The molecule has 6 nitrogen and oxygen atoms in total. The van der Waals surface area contributed by atoms with Crippen LogP contribution in [0.4, 0.5) is 5.69 Å². The molecule has 0 aliphatic carbocycles. The van der Waals surface area contributed by atoms with Gasteiger partial charge in [-0.05, 0) is 22.4 Å². The molecule has 0 radical (unpaired) electrons. The number of carbonyl (C=O) groups excluding carboxylic acids is 1. The Morgan fingerprint density at radius 1 is 1.56 bits per heavy atom. The topological polar surface area (TPSA) is 82.2 Å². The summed E-state index contributed by atoms with van der Waals surface area (Å²) in [7, 11) is 0. The van der Waals surface area contributed by atoms with E-state index in [-0.39, 0.29) is 21.5 Å². The highest BCUT2D eigenvalue weighted by molar-refractivity contribution is 9.10. The lowest BCUT2D eigenvalue weighted by Gasteiger charge is -2.05. The zero-order valence-electron chi connectivity index (χ0n) is 9.89. The van der Waals surface area contributed by atoms with Crippen molar-refractivity contribution in [3.63, 3.8) is 0 Å². The van der Waals surface area contributed by atoms with Gasteiger partial charge in [0.25, 0.3) is 11.2 Å². The molecule has 98 valence electrons. The molecule has 1 aromatic rings. The maximum absolute atomic E-state index is 11.7. The Morgan fingerprint density at radius 3 is 2.78 bits per heavy atom. The average molecular weight is 317 g/mol. The number of hydrogen-bond acceptors (Lipinski definition) is 4. The summed E-state index contributed by atoms with van der Waals surface area (Å²) in [5.74, 6) is 0.118. The van der Waals surface area contributed by atoms with Gasteiger partial charge in [0.05, 0.1) is 15.6 Å². The standard InChI is InChI=1S/C11H13BrN2O4/c1-2-9(15)4-3-5-13-7-8(14(17)18)6-10(12)11(13)16/h6-7H,2-5H2,1H3. The number of nitro groups is 1. The number of hydrogen-bond donors (Lipinski definition) is 0. The van der Waals surface area contributed by atoms with Crippen LogP contribution in [0.2, 0.25) is 0 Å². The van der Waals surface area contributed by atoms with Gasteiger partial charge in [-0.15, -0.1) is 0 Å². The third kappa shape index (κ3) is 3.76. The molecule has 0 aliphatic heterocycles. The Morgan fingerprint density at radius 2 is 2.22 bits per heavy atom. The lowest BCUT2D eigenvalue weighted by atomic mass is 10.2. The average Bonchev–Trinajstić information content (AvgIpc) is 2.33. The lowest BCUT2D eigenvalue weighted by molar-refractivity contribution is -0.385. The molecular weight excluding hydrogens is 304 g/mol. The van der Waals surface area contributed by atoms with Crippen LogP contribution in [0.5, 0.6) is 0 Å². The fourth-order valence-electron chi connectivity index (χ4n) is 1.47. The maximum Gasteiger partial charge on any atom is 0.286 e. The van der Waals surface area contributed by atoms with E-state index in [1.54, 1.807) is 6.92 Å². The van der Waals surface area contributed by atoms with Crippen LogP contribution in [-0.4, -0.2) is 15.3 Å². The number of Topliss-reactive ketones (excluding diaryl/α,β-unsaturated/α-hetero) is 1. The molecule has 18 heavy (non-hydrogen) atoms. The second-order valence-electron chi connectivity index (χ2n) is 3.80. The SMILES string of the molecule is CCC(=O)CCCn1cc([N+](=O)[O-])cc(Br)c1=O. The first-order chi connectivity index (χ1) is 8.45. The molecule has 0 N–H and O–H groups in total. The first kappa shape index (κ1) is 14.6. The van der Waals surface area contributed by atoms with E-state index in [0.29, 0.717) is 25.8 Å². The Kier molecular flexibility index (Phi) is 5.21. The molecular formula is C11H13BrN2O4. The summed E-state index contributed by atoms with van der Waals surface area (Å²) in [5, 5.41) is 10.7. The minimum absolute atomic E-state index is 0.118. The molecule has 0 unspecified atom stereocenters. The van der Waals surface area contributed by atoms with Gasteiger partial charge in [-0.25, -0.2) is 0 Å². The highest BCUT2D eigenvalue weighted by atomic mass is 79.9. The summed E-state index contributed by atoms with van der Waals surface area (Å²) in [6, 6.07) is 1.18. The fraction of sp³-hybridized carbons (Fsp3) is 0.455. The van der Waals surface area contributed by atoms with Gasteiger partial charge >= 0.3 is 0 Å². The van der Waals surface area contributed by atoms with E-state index < -0.39 is 4.92 Å². The van der Waals surface area contributed by atoms with Crippen LogP contribution in [0.15, 0.2) is 21.5 Å². The Balaban J connectivity index is 2.85. The van der Waals surface area contributed by atoms with E-state index >= 15 is 0 Å². The number of ketones is 1. The third-order valence-corrected chi connectivity index (χ3v) is 3.06. The molecule has 0 bridgehead atoms. The number of rotatable bonds is 6. The first-order valence-electron chi connectivity index (χ1n) is 5.51. The van der Waals surface area contributed by atoms with Crippen LogP contribution in [-0.2, 0) is 11.3 Å². The van der Waals surface area contributed by atoms with Gasteiger partial charge in [0, 0.05) is 25.5 Å². The maximum atomic E-state index is 11.7. The number of aromatic nitrogens is 1. The van der Waals surface area contributed by atoms with Crippen molar-refractivity contribution in [2.45, 2.75) is 32.7 Å². The highest BCUT2D eigenvalue weighted by Crippen LogP contribution is 2.14. The van der Waals surface area contributed by atoms with E-state index in [4.69, 9.17) is 0 Å². The van der Waals surface area contributed by atoms with Gasteiger partial charge in [-0.3, -0.25) is 19.7 Å². The molecule has 0 amide bonds. The monoisotopic (exact) mass is 316 g/mol. The molecule has 0 spiro atoms. The second kappa shape index (κ2) is 6.44. The number of aryl methyl sites for hydroxylation is 1. The van der Waals surface area contributed by atoms with Crippen molar-refractivity contribution in [1.82, 2.24) is 4.57 Å². The molecule has 1 rings (SSSR count). The molecule has 0 atom stereocenters. The largest absolute Gasteiger partial charge is 0.308 e. The zero-order valence-corrected chi connectivity index (χ0v) is 11.5. The number of carbonyl (C=O) groups is 1. The predicted molar refractivity (Wildman–Crippen MR) is 69.6 cm³/mol. The molecule has 0 aliphatic rings. The van der Waals surface area contributed by atoms with Crippen LogP contribution >= 0.6 is 15.9 Å². The normalized spacial score (nSPS) is 10.3. The van der Waals surface area contributed by atoms with E-state index in [2.05, 4.69) is 15.9 Å². The van der Waals surface area contributed by atoms with Crippen molar-refractivity contribution in [1.29, 1.82) is 0 Å². The van der Waals surface area contributed by atoms with Gasteiger partial charge in [-0.2, -0.15) is 0 Å². The summed E-state index contributed by atoms with van der Waals surface area (Å²) in [6.07, 6.45) is 2.54. The van der Waals surface area contributed by atoms with Gasteiger partial charge in [0.2, 0.25) is 0 Å². The van der Waals surface area contributed by atoms with Gasteiger partial charge in [-0.1, -0.05) is 6.92 Å². The molecule has 0 aromatic carbocycles.